The number of rotatable bonds is 3. The molecule has 2 atom stereocenters. The fourth-order valence-corrected chi connectivity index (χ4v) is 2.03. The predicted octanol–water partition coefficient (Wildman–Crippen LogP) is -0.496. The summed E-state index contributed by atoms with van der Waals surface area (Å²) < 4.78 is 1.76. The average Bonchev–Trinajstić information content (AvgIpc) is 3.00. The van der Waals surface area contributed by atoms with E-state index in [1.54, 1.807) is 11.0 Å². The van der Waals surface area contributed by atoms with Crippen LogP contribution in [-0.4, -0.2) is 44.5 Å². The van der Waals surface area contributed by atoms with E-state index in [1.807, 2.05) is 0 Å². The zero-order chi connectivity index (χ0) is 12.8. The molecule has 17 heavy (non-hydrogen) atoms. The maximum absolute atomic E-state index is 9.02. The molecule has 1 saturated carbocycles. The summed E-state index contributed by atoms with van der Waals surface area (Å²) in [6, 6.07) is 0.294. The number of aliphatic hydroxyl groups is 2. The van der Waals surface area contributed by atoms with Crippen molar-refractivity contribution < 1.29 is 10.2 Å². The lowest BCUT2D eigenvalue weighted by Gasteiger charge is -2.09. The zero-order valence-electron chi connectivity index (χ0n) is 9.87. The van der Waals surface area contributed by atoms with E-state index >= 15 is 0 Å². The van der Waals surface area contributed by atoms with Gasteiger partial charge in [-0.25, -0.2) is 9.67 Å². The van der Waals surface area contributed by atoms with E-state index in [9.17, 15) is 0 Å². The largest absolute Gasteiger partial charge is 0.400 e. The molecule has 5 N–H and O–H groups in total. The lowest BCUT2D eigenvalue weighted by molar-refractivity contribution is 0.225. The highest BCUT2D eigenvalue weighted by molar-refractivity contribution is 5.90. The second-order valence-corrected chi connectivity index (χ2v) is 3.98. The van der Waals surface area contributed by atoms with Crippen LogP contribution in [0.25, 0.3) is 0 Å². The normalized spacial score (nSPS) is 23.0. The van der Waals surface area contributed by atoms with Crippen molar-refractivity contribution >= 4 is 5.84 Å². The fourth-order valence-electron chi connectivity index (χ4n) is 2.03. The summed E-state index contributed by atoms with van der Waals surface area (Å²) in [7, 11) is 1.00. The van der Waals surface area contributed by atoms with Gasteiger partial charge >= 0.3 is 0 Å². The van der Waals surface area contributed by atoms with Gasteiger partial charge in [0.1, 0.15) is 6.33 Å². The van der Waals surface area contributed by atoms with E-state index in [1.165, 1.54) is 0 Å². The van der Waals surface area contributed by atoms with Crippen LogP contribution in [0.5, 0.6) is 0 Å². The van der Waals surface area contributed by atoms with Crippen molar-refractivity contribution in [2.45, 2.75) is 25.3 Å². The summed E-state index contributed by atoms with van der Waals surface area (Å²) in [6.45, 7) is 0.241. The summed E-state index contributed by atoms with van der Waals surface area (Å²) in [5.41, 5.74) is 5.28. The molecule has 0 saturated heterocycles. The van der Waals surface area contributed by atoms with Crippen molar-refractivity contribution in [3.63, 3.8) is 0 Å². The Labute approximate surface area is 99.8 Å². The molecule has 7 nitrogen and oxygen atoms in total. The quantitative estimate of drug-likeness (QED) is 0.420. The Morgan fingerprint density at radius 2 is 2.29 bits per heavy atom. The van der Waals surface area contributed by atoms with Gasteiger partial charge in [-0.05, 0) is 25.2 Å². The summed E-state index contributed by atoms with van der Waals surface area (Å²) in [5.74, 6) is 0.549. The van der Waals surface area contributed by atoms with Gasteiger partial charge in [0.2, 0.25) is 5.82 Å². The SMILES string of the molecule is CO.N=C(N)c1ncn(C2CCC(CO)C2)n1. The Kier molecular flexibility index (Phi) is 5.05. The van der Waals surface area contributed by atoms with E-state index in [0.29, 0.717) is 12.0 Å². The van der Waals surface area contributed by atoms with Crippen LogP contribution in [0.3, 0.4) is 0 Å². The van der Waals surface area contributed by atoms with Gasteiger partial charge in [0.15, 0.2) is 5.84 Å². The molecule has 0 spiro atoms. The fraction of sp³-hybridized carbons (Fsp3) is 0.700. The number of aliphatic hydroxyl groups excluding tert-OH is 2. The van der Waals surface area contributed by atoms with Crippen LogP contribution in [0.2, 0.25) is 0 Å². The first-order valence-electron chi connectivity index (χ1n) is 5.52. The highest BCUT2D eigenvalue weighted by Crippen LogP contribution is 2.33. The van der Waals surface area contributed by atoms with E-state index in [0.717, 1.165) is 26.4 Å². The Balaban J connectivity index is 0.000000686. The van der Waals surface area contributed by atoms with E-state index in [-0.39, 0.29) is 18.3 Å². The minimum absolute atomic E-state index is 0.106. The Morgan fingerprint density at radius 1 is 1.59 bits per heavy atom. The van der Waals surface area contributed by atoms with Crippen molar-refractivity contribution in [1.82, 2.24) is 14.8 Å². The molecule has 1 aliphatic carbocycles. The van der Waals surface area contributed by atoms with Crippen molar-refractivity contribution in [1.29, 1.82) is 5.41 Å². The van der Waals surface area contributed by atoms with Crippen molar-refractivity contribution in [2.24, 2.45) is 11.7 Å². The van der Waals surface area contributed by atoms with Gasteiger partial charge in [-0.2, -0.15) is 0 Å². The van der Waals surface area contributed by atoms with E-state index in [4.69, 9.17) is 21.4 Å². The first-order valence-corrected chi connectivity index (χ1v) is 5.52. The van der Waals surface area contributed by atoms with Crippen LogP contribution < -0.4 is 5.73 Å². The average molecular weight is 241 g/mol. The summed E-state index contributed by atoms with van der Waals surface area (Å²) in [6.07, 6.45) is 4.57. The number of aromatic nitrogens is 3. The van der Waals surface area contributed by atoms with Gasteiger partial charge in [0.25, 0.3) is 0 Å². The molecule has 7 heteroatoms. The second-order valence-electron chi connectivity index (χ2n) is 3.98. The van der Waals surface area contributed by atoms with Crippen LogP contribution in [0.4, 0.5) is 0 Å². The molecule has 1 aliphatic rings. The lowest BCUT2D eigenvalue weighted by Crippen LogP contribution is -2.15. The number of nitrogen functional groups attached to an aromatic ring is 1. The maximum atomic E-state index is 9.02. The number of nitrogens with one attached hydrogen (secondary N) is 1. The van der Waals surface area contributed by atoms with E-state index in [2.05, 4.69) is 10.1 Å². The molecule has 2 rings (SSSR count). The number of hydrogen-bond acceptors (Lipinski definition) is 5. The number of nitrogens with zero attached hydrogens (tertiary/aromatic N) is 3. The summed E-state index contributed by atoms with van der Waals surface area (Å²) >= 11 is 0. The molecule has 0 aliphatic heterocycles. The van der Waals surface area contributed by atoms with Gasteiger partial charge < -0.3 is 15.9 Å². The first kappa shape index (κ1) is 13.6. The van der Waals surface area contributed by atoms with Gasteiger partial charge in [-0.15, -0.1) is 5.10 Å². The Bertz CT molecular complexity index is 365. The van der Waals surface area contributed by atoms with Gasteiger partial charge in [-0.1, -0.05) is 0 Å². The van der Waals surface area contributed by atoms with Crippen LogP contribution >= 0.6 is 0 Å². The number of nitrogens with two attached hydrogens (primary N) is 1. The second kappa shape index (κ2) is 6.31. The third-order valence-corrected chi connectivity index (χ3v) is 2.90. The highest BCUT2D eigenvalue weighted by Gasteiger charge is 2.26. The topological polar surface area (TPSA) is 121 Å². The van der Waals surface area contributed by atoms with Gasteiger partial charge in [-0.3, -0.25) is 5.41 Å². The third-order valence-electron chi connectivity index (χ3n) is 2.90. The van der Waals surface area contributed by atoms with Crippen molar-refractivity contribution in [2.75, 3.05) is 13.7 Å². The molecule has 0 radical (unpaired) electrons. The minimum Gasteiger partial charge on any atom is -0.400 e. The first-order chi connectivity index (χ1) is 8.20. The van der Waals surface area contributed by atoms with Crippen LogP contribution in [0, 0.1) is 11.3 Å². The minimum atomic E-state index is -0.106. The van der Waals surface area contributed by atoms with Crippen LogP contribution in [0.15, 0.2) is 6.33 Å². The zero-order valence-corrected chi connectivity index (χ0v) is 9.87. The molecule has 0 amide bonds. The number of amidine groups is 1. The highest BCUT2D eigenvalue weighted by atomic mass is 16.3. The molecule has 1 aromatic rings. The maximum Gasteiger partial charge on any atom is 0.215 e. The molecule has 2 unspecified atom stereocenters. The van der Waals surface area contributed by atoms with Gasteiger partial charge in [0, 0.05) is 13.7 Å². The van der Waals surface area contributed by atoms with Crippen molar-refractivity contribution in [3.8, 4) is 0 Å². The van der Waals surface area contributed by atoms with Crippen molar-refractivity contribution in [3.05, 3.63) is 12.2 Å². The monoisotopic (exact) mass is 241 g/mol. The number of hydrogen-bond donors (Lipinski definition) is 4. The molecule has 1 heterocycles. The Morgan fingerprint density at radius 3 is 2.76 bits per heavy atom. The third kappa shape index (κ3) is 3.24. The van der Waals surface area contributed by atoms with Crippen LogP contribution in [-0.2, 0) is 0 Å². The van der Waals surface area contributed by atoms with E-state index < -0.39 is 0 Å². The Hall–Kier alpha value is -1.47. The predicted molar refractivity (Wildman–Crippen MR) is 62.6 cm³/mol. The molecule has 1 aromatic heterocycles. The molecule has 0 aromatic carbocycles. The standard InChI is InChI=1S/C9H15N5O.CH4O/c10-8(11)9-12-5-14(13-9)7-2-1-6(3-7)4-15;1-2/h5-7,15H,1-4H2,(H3,10,11);2H,1H3. The molecule has 0 bridgehead atoms. The van der Waals surface area contributed by atoms with Gasteiger partial charge in [0.05, 0.1) is 6.04 Å². The smallest absolute Gasteiger partial charge is 0.215 e. The molecular formula is C10H19N5O2. The lowest BCUT2D eigenvalue weighted by atomic mass is 10.1. The molecule has 96 valence electrons. The summed E-state index contributed by atoms with van der Waals surface area (Å²) in [5, 5.41) is 27.4. The molecule has 1 fully saturated rings. The van der Waals surface area contributed by atoms with Crippen LogP contribution in [0.1, 0.15) is 31.1 Å². The molecular weight excluding hydrogens is 222 g/mol. The summed E-state index contributed by atoms with van der Waals surface area (Å²) in [4.78, 5) is 3.95.